The lowest BCUT2D eigenvalue weighted by atomic mass is 10.1. The molecule has 0 saturated carbocycles. The molecule has 0 aliphatic heterocycles. The highest BCUT2D eigenvalue weighted by molar-refractivity contribution is 6.63. The summed E-state index contributed by atoms with van der Waals surface area (Å²) in [5.41, 5.74) is 6.30. The molecule has 0 aliphatic rings. The van der Waals surface area contributed by atoms with E-state index in [0.29, 0.717) is 0 Å². The first kappa shape index (κ1) is 18.0. The summed E-state index contributed by atoms with van der Waals surface area (Å²) in [5, 5.41) is 0. The van der Waals surface area contributed by atoms with Crippen molar-refractivity contribution in [1.82, 2.24) is 0 Å². The zero-order chi connectivity index (χ0) is 16.1. The van der Waals surface area contributed by atoms with Gasteiger partial charge in [-0.05, 0) is 41.5 Å². The van der Waals surface area contributed by atoms with Crippen molar-refractivity contribution < 1.29 is 28.6 Å². The number of hydrogen-bond acceptors (Lipinski definition) is 5. The van der Waals surface area contributed by atoms with Crippen LogP contribution < -0.4 is 0 Å². The van der Waals surface area contributed by atoms with Crippen molar-refractivity contribution in [1.29, 1.82) is 0 Å². The summed E-state index contributed by atoms with van der Waals surface area (Å²) in [6.07, 6.45) is -0.699. The van der Waals surface area contributed by atoms with Crippen molar-refractivity contribution in [3.05, 3.63) is 5.53 Å². The van der Waals surface area contributed by atoms with Gasteiger partial charge in [0.25, 0.3) is 5.78 Å². The molecular formula is C13H20N2O5. The molecule has 7 nitrogen and oxygen atoms in total. The predicted octanol–water partition coefficient (Wildman–Crippen LogP) is 1.30. The van der Waals surface area contributed by atoms with Crippen LogP contribution in [-0.2, 0) is 23.9 Å². The van der Waals surface area contributed by atoms with E-state index < -0.39 is 41.1 Å². The summed E-state index contributed by atoms with van der Waals surface area (Å²) in [7, 11) is 0. The third kappa shape index (κ3) is 7.43. The van der Waals surface area contributed by atoms with Crippen molar-refractivity contribution in [2.45, 2.75) is 59.2 Å². The molecule has 0 heterocycles. The molecule has 0 aromatic carbocycles. The Morgan fingerprint density at radius 3 is 1.75 bits per heavy atom. The number of Topliss-reactive ketones (excluding diaryl/α,β-unsaturated/α-hetero) is 1. The lowest BCUT2D eigenvalue weighted by Gasteiger charge is -2.19. The molecule has 0 aromatic heterocycles. The molecule has 20 heavy (non-hydrogen) atoms. The number of hydrogen-bond donors (Lipinski definition) is 0. The van der Waals surface area contributed by atoms with E-state index in [0.717, 1.165) is 0 Å². The topological polar surface area (TPSA) is 106 Å². The van der Waals surface area contributed by atoms with Crippen molar-refractivity contribution in [3.63, 3.8) is 0 Å². The Bertz CT molecular complexity index is 462. The normalized spacial score (nSPS) is 11.3. The molecule has 0 N–H and O–H groups in total. The maximum atomic E-state index is 11.7. The minimum atomic E-state index is -1.09. The molecule has 0 amide bonds. The Kier molecular flexibility index (Phi) is 5.78. The zero-order valence-electron chi connectivity index (χ0n) is 12.6. The van der Waals surface area contributed by atoms with Gasteiger partial charge in [-0.1, -0.05) is 0 Å². The highest BCUT2D eigenvalue weighted by atomic mass is 16.6. The molecule has 0 atom stereocenters. The molecule has 0 radical (unpaired) electrons. The molecule has 7 heteroatoms. The number of nitrogens with zero attached hydrogens (tertiary/aromatic N) is 2. The van der Waals surface area contributed by atoms with Crippen LogP contribution in [-0.4, -0.2) is 39.4 Å². The first-order valence-electron chi connectivity index (χ1n) is 6.06. The van der Waals surface area contributed by atoms with Crippen LogP contribution in [0.3, 0.4) is 0 Å². The van der Waals surface area contributed by atoms with Crippen LogP contribution in [0, 0.1) is 0 Å². The highest BCUT2D eigenvalue weighted by Gasteiger charge is 2.36. The van der Waals surface area contributed by atoms with Gasteiger partial charge in [-0.3, -0.25) is 9.59 Å². The second-order valence-corrected chi connectivity index (χ2v) is 6.14. The molecule has 0 fully saturated rings. The number of rotatable bonds is 4. The second kappa shape index (κ2) is 6.43. The number of ketones is 1. The maximum Gasteiger partial charge on any atom is 0.442 e. The molecule has 0 aromatic rings. The minimum absolute atomic E-state index is 0.699. The molecule has 0 saturated heterocycles. The van der Waals surface area contributed by atoms with Crippen LogP contribution in [0.4, 0.5) is 0 Å². The number of ether oxygens (including phenoxy) is 2. The Morgan fingerprint density at radius 2 is 1.40 bits per heavy atom. The van der Waals surface area contributed by atoms with Gasteiger partial charge >= 0.3 is 17.7 Å². The highest BCUT2D eigenvalue weighted by Crippen LogP contribution is 2.10. The first-order valence-corrected chi connectivity index (χ1v) is 6.06. The smallest absolute Gasteiger partial charge is 0.442 e. The van der Waals surface area contributed by atoms with E-state index in [-0.39, 0.29) is 0 Å². The summed E-state index contributed by atoms with van der Waals surface area (Å²) in [5.74, 6) is -2.86. The minimum Gasteiger partial charge on any atom is -0.460 e. The van der Waals surface area contributed by atoms with E-state index in [2.05, 4.69) is 4.79 Å². The fourth-order valence-corrected chi connectivity index (χ4v) is 1.13. The lowest BCUT2D eigenvalue weighted by Crippen LogP contribution is -2.35. The molecule has 0 spiro atoms. The van der Waals surface area contributed by atoms with Gasteiger partial charge < -0.3 is 15.0 Å². The Morgan fingerprint density at radius 1 is 0.950 bits per heavy atom. The standard InChI is InChI=1S/C13H20N2O5/c1-12(2,3)19-9(17)7-8(16)10(15-14)11(18)20-13(4,5)6/h7H2,1-6H3. The van der Waals surface area contributed by atoms with E-state index in [4.69, 9.17) is 15.0 Å². The molecule has 0 rings (SSSR count). The quantitative estimate of drug-likeness (QED) is 0.254. The predicted molar refractivity (Wildman–Crippen MR) is 69.9 cm³/mol. The van der Waals surface area contributed by atoms with Crippen LogP contribution in [0.2, 0.25) is 0 Å². The van der Waals surface area contributed by atoms with Crippen LogP contribution >= 0.6 is 0 Å². The van der Waals surface area contributed by atoms with Gasteiger partial charge in [-0.2, -0.15) is 4.79 Å². The summed E-state index contributed by atoms with van der Waals surface area (Å²) >= 11 is 0. The van der Waals surface area contributed by atoms with Crippen LogP contribution in [0.1, 0.15) is 48.0 Å². The number of carbonyl (C=O) groups is 3. The van der Waals surface area contributed by atoms with E-state index in [1.165, 1.54) is 0 Å². The van der Waals surface area contributed by atoms with Gasteiger partial charge in [-0.15, -0.1) is 0 Å². The van der Waals surface area contributed by atoms with Gasteiger partial charge in [0.15, 0.2) is 0 Å². The van der Waals surface area contributed by atoms with E-state index in [1.54, 1.807) is 41.5 Å². The number of esters is 2. The summed E-state index contributed by atoms with van der Waals surface area (Å²) < 4.78 is 9.83. The van der Waals surface area contributed by atoms with E-state index in [9.17, 15) is 14.4 Å². The third-order valence-corrected chi connectivity index (χ3v) is 1.68. The fraction of sp³-hybridized carbons (Fsp3) is 0.692. The molecule has 0 aliphatic carbocycles. The van der Waals surface area contributed by atoms with Crippen LogP contribution in [0.5, 0.6) is 0 Å². The van der Waals surface area contributed by atoms with Crippen molar-refractivity contribution in [2.24, 2.45) is 0 Å². The van der Waals surface area contributed by atoms with Gasteiger partial charge in [0, 0.05) is 0 Å². The van der Waals surface area contributed by atoms with Crippen molar-refractivity contribution in [3.8, 4) is 0 Å². The summed E-state index contributed by atoms with van der Waals surface area (Å²) in [6.45, 7) is 9.72. The maximum absolute atomic E-state index is 11.7. The Labute approximate surface area is 117 Å². The number of carbonyl (C=O) groups excluding carboxylic acids is 3. The molecular weight excluding hydrogens is 264 g/mol. The molecule has 112 valence electrons. The molecule has 0 bridgehead atoms. The van der Waals surface area contributed by atoms with Gasteiger partial charge in [0.1, 0.15) is 17.6 Å². The monoisotopic (exact) mass is 284 g/mol. The van der Waals surface area contributed by atoms with Gasteiger partial charge in [0.05, 0.1) is 0 Å². The average molecular weight is 284 g/mol. The SMILES string of the molecule is CC(C)(C)OC(=O)CC(=O)C(=[N+]=[N-])C(=O)OC(C)(C)C. The van der Waals surface area contributed by atoms with Gasteiger partial charge in [0.2, 0.25) is 0 Å². The largest absolute Gasteiger partial charge is 0.460 e. The van der Waals surface area contributed by atoms with E-state index in [1.807, 2.05) is 0 Å². The van der Waals surface area contributed by atoms with Crippen LogP contribution in [0.15, 0.2) is 0 Å². The Balaban J connectivity index is 4.79. The first-order chi connectivity index (χ1) is 8.85. The lowest BCUT2D eigenvalue weighted by molar-refractivity contribution is -0.156. The van der Waals surface area contributed by atoms with Crippen molar-refractivity contribution in [2.75, 3.05) is 0 Å². The van der Waals surface area contributed by atoms with Gasteiger partial charge in [-0.25, -0.2) is 4.79 Å². The molecule has 0 unspecified atom stereocenters. The summed E-state index contributed by atoms with van der Waals surface area (Å²) in [4.78, 5) is 37.4. The van der Waals surface area contributed by atoms with Crippen LogP contribution in [0.25, 0.3) is 5.53 Å². The third-order valence-electron chi connectivity index (χ3n) is 1.68. The second-order valence-electron chi connectivity index (χ2n) is 6.14. The van der Waals surface area contributed by atoms with Crippen molar-refractivity contribution >= 4 is 23.4 Å². The Hall–Kier alpha value is -2.01. The fourth-order valence-electron chi connectivity index (χ4n) is 1.13. The zero-order valence-corrected chi connectivity index (χ0v) is 12.6. The average Bonchev–Trinajstić information content (AvgIpc) is 2.11. The van der Waals surface area contributed by atoms with E-state index >= 15 is 0 Å². The summed E-state index contributed by atoms with van der Waals surface area (Å²) in [6, 6.07) is 0.